The fourth-order valence-electron chi connectivity index (χ4n) is 3.21. The highest BCUT2D eigenvalue weighted by Crippen LogP contribution is 2.23. The first-order chi connectivity index (χ1) is 14.3. The van der Waals surface area contributed by atoms with Gasteiger partial charge in [0.2, 0.25) is 5.91 Å². The molecule has 2 amide bonds. The van der Waals surface area contributed by atoms with E-state index in [1.165, 1.54) is 0 Å². The number of aryl methyl sites for hydroxylation is 2. The van der Waals surface area contributed by atoms with Gasteiger partial charge < -0.3 is 19.7 Å². The van der Waals surface area contributed by atoms with E-state index in [1.807, 2.05) is 58.0 Å². The van der Waals surface area contributed by atoms with Gasteiger partial charge in [-0.25, -0.2) is 0 Å². The molecule has 2 aromatic carbocycles. The Balaban J connectivity index is 2.19. The molecule has 0 aromatic heterocycles. The highest BCUT2D eigenvalue weighted by Gasteiger charge is 2.26. The number of amides is 2. The zero-order chi connectivity index (χ0) is 22.3. The lowest BCUT2D eigenvalue weighted by atomic mass is 10.1. The van der Waals surface area contributed by atoms with Crippen molar-refractivity contribution in [2.24, 2.45) is 0 Å². The molecular weight excluding hydrogens is 380 g/mol. The minimum atomic E-state index is -0.622. The van der Waals surface area contributed by atoms with Gasteiger partial charge in [0.1, 0.15) is 17.5 Å². The third-order valence-corrected chi connectivity index (χ3v) is 5.15. The summed E-state index contributed by atoms with van der Waals surface area (Å²) in [6.45, 7) is 10.2. The van der Waals surface area contributed by atoms with Crippen LogP contribution in [0, 0.1) is 20.8 Å². The molecule has 2 rings (SSSR count). The number of ether oxygens (including phenoxy) is 2. The summed E-state index contributed by atoms with van der Waals surface area (Å²) < 4.78 is 11.1. The summed E-state index contributed by atoms with van der Waals surface area (Å²) in [6.07, 6.45) is 0. The van der Waals surface area contributed by atoms with Gasteiger partial charge in [0.25, 0.3) is 5.91 Å². The Labute approximate surface area is 179 Å². The molecular formula is C24H32N2O4. The smallest absolute Gasteiger partial charge is 0.261 e. The van der Waals surface area contributed by atoms with Crippen LogP contribution in [0.3, 0.4) is 0 Å². The first kappa shape index (κ1) is 23.3. The van der Waals surface area contributed by atoms with Crippen LogP contribution in [-0.2, 0) is 16.1 Å². The van der Waals surface area contributed by atoms with Crippen molar-refractivity contribution in [2.45, 2.75) is 47.2 Å². The average Bonchev–Trinajstić information content (AvgIpc) is 2.73. The molecule has 0 bridgehead atoms. The maximum absolute atomic E-state index is 13.1. The minimum absolute atomic E-state index is 0.135. The van der Waals surface area contributed by atoms with E-state index in [4.69, 9.17) is 9.47 Å². The predicted octanol–water partition coefficient (Wildman–Crippen LogP) is 3.55. The summed E-state index contributed by atoms with van der Waals surface area (Å²) in [5.41, 5.74) is 4.10. The van der Waals surface area contributed by atoms with Gasteiger partial charge in [-0.05, 0) is 75.1 Å². The monoisotopic (exact) mass is 412 g/mol. The zero-order valence-corrected chi connectivity index (χ0v) is 18.7. The SMILES string of the molecule is CCNC(=O)C(C)N(Cc1ccc(OC)cc1)C(=O)COc1cc(C)cc(C)c1C. The van der Waals surface area contributed by atoms with Gasteiger partial charge >= 0.3 is 0 Å². The molecule has 0 saturated heterocycles. The lowest BCUT2D eigenvalue weighted by Crippen LogP contribution is -2.49. The number of methoxy groups -OCH3 is 1. The molecule has 1 N–H and O–H groups in total. The summed E-state index contributed by atoms with van der Waals surface area (Å²) in [5.74, 6) is 0.989. The Bertz CT molecular complexity index is 878. The summed E-state index contributed by atoms with van der Waals surface area (Å²) in [6, 6.07) is 10.8. The predicted molar refractivity (Wildman–Crippen MR) is 118 cm³/mol. The lowest BCUT2D eigenvalue weighted by Gasteiger charge is -2.29. The Hall–Kier alpha value is -3.02. The molecule has 0 heterocycles. The van der Waals surface area contributed by atoms with Gasteiger partial charge in [0, 0.05) is 13.1 Å². The Morgan fingerprint density at radius 3 is 2.37 bits per heavy atom. The van der Waals surface area contributed by atoms with E-state index in [0.717, 1.165) is 28.0 Å². The highest BCUT2D eigenvalue weighted by atomic mass is 16.5. The van der Waals surface area contributed by atoms with Crippen LogP contribution in [-0.4, -0.2) is 43.0 Å². The van der Waals surface area contributed by atoms with Crippen LogP contribution in [0.1, 0.15) is 36.1 Å². The highest BCUT2D eigenvalue weighted by molar-refractivity contribution is 5.87. The molecule has 2 aromatic rings. The zero-order valence-electron chi connectivity index (χ0n) is 18.7. The van der Waals surface area contributed by atoms with E-state index in [1.54, 1.807) is 18.9 Å². The van der Waals surface area contributed by atoms with E-state index >= 15 is 0 Å². The quantitative estimate of drug-likeness (QED) is 0.684. The molecule has 162 valence electrons. The van der Waals surface area contributed by atoms with Crippen molar-refractivity contribution in [3.05, 3.63) is 58.7 Å². The number of nitrogens with one attached hydrogen (secondary N) is 1. The molecule has 0 spiro atoms. The van der Waals surface area contributed by atoms with E-state index in [2.05, 4.69) is 11.4 Å². The Morgan fingerprint density at radius 2 is 1.77 bits per heavy atom. The number of hydrogen-bond donors (Lipinski definition) is 1. The molecule has 0 aliphatic carbocycles. The van der Waals surface area contributed by atoms with Gasteiger partial charge in [-0.2, -0.15) is 0 Å². The fraction of sp³-hybridized carbons (Fsp3) is 0.417. The molecule has 0 aliphatic rings. The van der Waals surface area contributed by atoms with Crippen molar-refractivity contribution < 1.29 is 19.1 Å². The third-order valence-electron chi connectivity index (χ3n) is 5.15. The fourth-order valence-corrected chi connectivity index (χ4v) is 3.21. The molecule has 1 unspecified atom stereocenters. The van der Waals surface area contributed by atoms with Crippen LogP contribution < -0.4 is 14.8 Å². The second kappa shape index (κ2) is 10.7. The van der Waals surface area contributed by atoms with Gasteiger partial charge in [0.15, 0.2) is 6.61 Å². The topological polar surface area (TPSA) is 67.9 Å². The van der Waals surface area contributed by atoms with E-state index in [-0.39, 0.29) is 18.4 Å². The van der Waals surface area contributed by atoms with Crippen LogP contribution in [0.15, 0.2) is 36.4 Å². The Kier molecular flexibility index (Phi) is 8.27. The molecule has 0 fully saturated rings. The van der Waals surface area contributed by atoms with Crippen molar-refractivity contribution in [2.75, 3.05) is 20.3 Å². The number of carbonyl (C=O) groups excluding carboxylic acids is 2. The standard InChI is InChI=1S/C24H32N2O4/c1-7-25-24(28)19(5)26(14-20-8-10-21(29-6)11-9-20)23(27)15-30-22-13-16(2)12-17(3)18(22)4/h8-13,19H,7,14-15H2,1-6H3,(H,25,28). The maximum atomic E-state index is 13.1. The first-order valence-electron chi connectivity index (χ1n) is 10.2. The normalized spacial score (nSPS) is 11.5. The lowest BCUT2D eigenvalue weighted by molar-refractivity contribution is -0.142. The van der Waals surface area contributed by atoms with Crippen molar-refractivity contribution >= 4 is 11.8 Å². The first-order valence-corrected chi connectivity index (χ1v) is 10.2. The molecule has 6 heteroatoms. The van der Waals surface area contributed by atoms with E-state index in [9.17, 15) is 9.59 Å². The number of likely N-dealkylation sites (N-methyl/N-ethyl adjacent to an activating group) is 1. The number of benzene rings is 2. The van der Waals surface area contributed by atoms with Gasteiger partial charge in [0.05, 0.1) is 7.11 Å². The molecule has 0 aliphatic heterocycles. The Morgan fingerprint density at radius 1 is 1.10 bits per heavy atom. The number of rotatable bonds is 9. The number of hydrogen-bond acceptors (Lipinski definition) is 4. The summed E-state index contributed by atoms with van der Waals surface area (Å²) in [4.78, 5) is 27.0. The summed E-state index contributed by atoms with van der Waals surface area (Å²) in [5, 5.41) is 2.79. The van der Waals surface area contributed by atoms with Crippen molar-refractivity contribution in [1.82, 2.24) is 10.2 Å². The van der Waals surface area contributed by atoms with Gasteiger partial charge in [-0.1, -0.05) is 18.2 Å². The van der Waals surface area contributed by atoms with Crippen molar-refractivity contribution in [3.8, 4) is 11.5 Å². The summed E-state index contributed by atoms with van der Waals surface area (Å²) >= 11 is 0. The van der Waals surface area contributed by atoms with Crippen molar-refractivity contribution in [3.63, 3.8) is 0 Å². The second-order valence-electron chi connectivity index (χ2n) is 7.43. The van der Waals surface area contributed by atoms with Gasteiger partial charge in [-0.15, -0.1) is 0 Å². The van der Waals surface area contributed by atoms with Crippen molar-refractivity contribution in [1.29, 1.82) is 0 Å². The molecule has 0 saturated carbocycles. The summed E-state index contributed by atoms with van der Waals surface area (Å²) in [7, 11) is 1.61. The van der Waals surface area contributed by atoms with Crippen LogP contribution in [0.4, 0.5) is 0 Å². The molecule has 30 heavy (non-hydrogen) atoms. The average molecular weight is 413 g/mol. The number of nitrogens with zero attached hydrogens (tertiary/aromatic N) is 1. The second-order valence-corrected chi connectivity index (χ2v) is 7.43. The van der Waals surface area contributed by atoms with Crippen LogP contribution in [0.25, 0.3) is 0 Å². The number of carbonyl (C=O) groups is 2. The van der Waals surface area contributed by atoms with Crippen LogP contribution >= 0.6 is 0 Å². The molecule has 6 nitrogen and oxygen atoms in total. The van der Waals surface area contributed by atoms with Crippen LogP contribution in [0.5, 0.6) is 11.5 Å². The minimum Gasteiger partial charge on any atom is -0.497 e. The van der Waals surface area contributed by atoms with E-state index < -0.39 is 6.04 Å². The maximum Gasteiger partial charge on any atom is 0.261 e. The van der Waals surface area contributed by atoms with Gasteiger partial charge in [-0.3, -0.25) is 9.59 Å². The molecule has 1 atom stereocenters. The molecule has 0 radical (unpaired) electrons. The van der Waals surface area contributed by atoms with E-state index in [0.29, 0.717) is 18.8 Å². The van der Waals surface area contributed by atoms with Crippen LogP contribution in [0.2, 0.25) is 0 Å². The third kappa shape index (κ3) is 5.99. The largest absolute Gasteiger partial charge is 0.497 e.